The molecule has 0 aliphatic carbocycles. The molecule has 0 saturated carbocycles. The Labute approximate surface area is 99.5 Å². The maximum atomic E-state index is 11.5. The number of ether oxygens (including phenoxy) is 2. The van der Waals surface area contributed by atoms with Crippen LogP contribution in [0.3, 0.4) is 0 Å². The molecule has 1 heterocycles. The van der Waals surface area contributed by atoms with Gasteiger partial charge < -0.3 is 9.47 Å². The van der Waals surface area contributed by atoms with E-state index in [1.165, 1.54) is 6.92 Å². The SMILES string of the molecule is COc1ccc(C2CC(C(C)=O)C(=O)O2)cc1. The molecule has 1 aromatic rings. The highest BCUT2D eigenvalue weighted by Gasteiger charge is 2.38. The maximum Gasteiger partial charge on any atom is 0.317 e. The maximum absolute atomic E-state index is 11.5. The van der Waals surface area contributed by atoms with Crippen LogP contribution in [0.1, 0.15) is 25.0 Å². The van der Waals surface area contributed by atoms with Crippen LogP contribution in [-0.2, 0) is 14.3 Å². The van der Waals surface area contributed by atoms with E-state index in [9.17, 15) is 9.59 Å². The lowest BCUT2D eigenvalue weighted by molar-refractivity contribution is -0.146. The monoisotopic (exact) mass is 234 g/mol. The van der Waals surface area contributed by atoms with Crippen LogP contribution < -0.4 is 4.74 Å². The molecule has 0 amide bonds. The lowest BCUT2D eigenvalue weighted by Crippen LogP contribution is -2.15. The van der Waals surface area contributed by atoms with Gasteiger partial charge in [0.1, 0.15) is 23.6 Å². The van der Waals surface area contributed by atoms with E-state index in [0.717, 1.165) is 11.3 Å². The molecule has 1 fully saturated rings. The average Bonchev–Trinajstić information content (AvgIpc) is 2.71. The molecule has 4 nitrogen and oxygen atoms in total. The van der Waals surface area contributed by atoms with Gasteiger partial charge in [0, 0.05) is 6.42 Å². The van der Waals surface area contributed by atoms with E-state index < -0.39 is 11.9 Å². The Morgan fingerprint density at radius 1 is 1.35 bits per heavy atom. The van der Waals surface area contributed by atoms with Gasteiger partial charge in [-0.15, -0.1) is 0 Å². The van der Waals surface area contributed by atoms with E-state index in [0.29, 0.717) is 6.42 Å². The Morgan fingerprint density at radius 2 is 2.00 bits per heavy atom. The molecule has 0 bridgehead atoms. The summed E-state index contributed by atoms with van der Waals surface area (Å²) in [5, 5.41) is 0. The molecular formula is C13H14O4. The highest BCUT2D eigenvalue weighted by molar-refractivity contribution is 5.98. The van der Waals surface area contributed by atoms with E-state index in [1.807, 2.05) is 24.3 Å². The zero-order chi connectivity index (χ0) is 12.4. The average molecular weight is 234 g/mol. The fraction of sp³-hybridized carbons (Fsp3) is 0.385. The summed E-state index contributed by atoms with van der Waals surface area (Å²) in [4.78, 5) is 22.7. The lowest BCUT2D eigenvalue weighted by atomic mass is 9.97. The molecule has 90 valence electrons. The topological polar surface area (TPSA) is 52.6 Å². The van der Waals surface area contributed by atoms with E-state index in [1.54, 1.807) is 7.11 Å². The predicted octanol–water partition coefficient (Wildman–Crippen LogP) is 1.89. The van der Waals surface area contributed by atoms with Crippen molar-refractivity contribution in [1.29, 1.82) is 0 Å². The summed E-state index contributed by atoms with van der Waals surface area (Å²) in [7, 11) is 1.59. The van der Waals surface area contributed by atoms with E-state index in [-0.39, 0.29) is 11.9 Å². The van der Waals surface area contributed by atoms with Crippen LogP contribution in [0.2, 0.25) is 0 Å². The molecule has 2 rings (SSSR count). The highest BCUT2D eigenvalue weighted by atomic mass is 16.6. The van der Waals surface area contributed by atoms with Crippen LogP contribution in [-0.4, -0.2) is 18.9 Å². The van der Waals surface area contributed by atoms with Crippen molar-refractivity contribution in [3.63, 3.8) is 0 Å². The number of methoxy groups -OCH3 is 1. The third-order valence-corrected chi connectivity index (χ3v) is 2.97. The van der Waals surface area contributed by atoms with Crippen LogP contribution >= 0.6 is 0 Å². The molecule has 1 aromatic carbocycles. The normalized spacial score (nSPS) is 23.3. The van der Waals surface area contributed by atoms with E-state index in [2.05, 4.69) is 0 Å². The van der Waals surface area contributed by atoms with E-state index >= 15 is 0 Å². The molecule has 0 radical (unpaired) electrons. The molecule has 2 atom stereocenters. The summed E-state index contributed by atoms with van der Waals surface area (Å²) in [5.74, 6) is -0.410. The molecule has 1 aliphatic rings. The minimum atomic E-state index is -0.609. The number of carbonyl (C=O) groups excluding carboxylic acids is 2. The summed E-state index contributed by atoms with van der Waals surface area (Å²) in [5.41, 5.74) is 0.892. The van der Waals surface area contributed by atoms with Crippen LogP contribution in [0.5, 0.6) is 5.75 Å². The Bertz CT molecular complexity index is 435. The molecule has 1 saturated heterocycles. The van der Waals surface area contributed by atoms with Crippen molar-refractivity contribution in [2.45, 2.75) is 19.4 Å². The second-order valence-corrected chi connectivity index (χ2v) is 4.10. The van der Waals surface area contributed by atoms with Crippen LogP contribution in [0, 0.1) is 5.92 Å². The Balaban J connectivity index is 2.14. The number of rotatable bonds is 3. The van der Waals surface area contributed by atoms with Gasteiger partial charge in [0.25, 0.3) is 0 Å². The third-order valence-electron chi connectivity index (χ3n) is 2.97. The summed E-state index contributed by atoms with van der Waals surface area (Å²) in [6.45, 7) is 1.42. The third kappa shape index (κ3) is 2.30. The molecule has 0 N–H and O–H groups in total. The van der Waals surface area contributed by atoms with Crippen molar-refractivity contribution in [2.24, 2.45) is 5.92 Å². The van der Waals surface area contributed by atoms with Gasteiger partial charge in [-0.25, -0.2) is 0 Å². The van der Waals surface area contributed by atoms with E-state index in [4.69, 9.17) is 9.47 Å². The first-order chi connectivity index (χ1) is 8.11. The minimum Gasteiger partial charge on any atom is -0.497 e. The molecular weight excluding hydrogens is 220 g/mol. The molecule has 2 unspecified atom stereocenters. The summed E-state index contributed by atoms with van der Waals surface area (Å²) >= 11 is 0. The molecule has 1 aliphatic heterocycles. The van der Waals surface area contributed by atoms with Gasteiger partial charge >= 0.3 is 5.97 Å². The van der Waals surface area contributed by atoms with Crippen molar-refractivity contribution >= 4 is 11.8 Å². The van der Waals surface area contributed by atoms with Gasteiger partial charge in [-0.05, 0) is 24.6 Å². The fourth-order valence-electron chi connectivity index (χ4n) is 1.94. The summed E-state index contributed by atoms with van der Waals surface area (Å²) in [6.07, 6.45) is 0.114. The fourth-order valence-corrected chi connectivity index (χ4v) is 1.94. The number of Topliss-reactive ketones (excluding diaryl/α,β-unsaturated/α-hetero) is 1. The summed E-state index contributed by atoms with van der Waals surface area (Å²) in [6, 6.07) is 7.31. The first kappa shape index (κ1) is 11.6. The quantitative estimate of drug-likeness (QED) is 0.592. The number of cyclic esters (lactones) is 1. The van der Waals surface area contributed by atoms with Crippen molar-refractivity contribution in [3.05, 3.63) is 29.8 Å². The molecule has 0 spiro atoms. The Kier molecular flexibility index (Phi) is 3.13. The zero-order valence-corrected chi connectivity index (χ0v) is 9.80. The number of esters is 1. The van der Waals surface area contributed by atoms with Crippen molar-refractivity contribution in [1.82, 2.24) is 0 Å². The first-order valence-corrected chi connectivity index (χ1v) is 5.46. The van der Waals surface area contributed by atoms with Crippen molar-refractivity contribution in [3.8, 4) is 5.75 Å². The molecule has 0 aromatic heterocycles. The van der Waals surface area contributed by atoms with Gasteiger partial charge in [0.05, 0.1) is 7.11 Å². The van der Waals surface area contributed by atoms with Crippen molar-refractivity contribution in [2.75, 3.05) is 7.11 Å². The Hall–Kier alpha value is -1.84. The number of hydrogen-bond donors (Lipinski definition) is 0. The van der Waals surface area contributed by atoms with Gasteiger partial charge in [0.15, 0.2) is 0 Å². The Morgan fingerprint density at radius 3 is 2.47 bits per heavy atom. The van der Waals surface area contributed by atoms with Crippen LogP contribution in [0.4, 0.5) is 0 Å². The number of benzene rings is 1. The van der Waals surface area contributed by atoms with Crippen LogP contribution in [0.15, 0.2) is 24.3 Å². The molecule has 17 heavy (non-hydrogen) atoms. The van der Waals surface area contributed by atoms with Crippen molar-refractivity contribution < 1.29 is 19.1 Å². The summed E-state index contributed by atoms with van der Waals surface area (Å²) < 4.78 is 10.2. The second-order valence-electron chi connectivity index (χ2n) is 4.10. The van der Waals surface area contributed by atoms with Gasteiger partial charge in [-0.3, -0.25) is 9.59 Å². The standard InChI is InChI=1S/C13H14O4/c1-8(14)11-7-12(17-13(11)15)9-3-5-10(16-2)6-4-9/h3-6,11-12H,7H2,1-2H3. The highest BCUT2D eigenvalue weighted by Crippen LogP contribution is 2.34. The van der Waals surface area contributed by atoms with Gasteiger partial charge in [0.2, 0.25) is 0 Å². The zero-order valence-electron chi connectivity index (χ0n) is 9.80. The van der Waals surface area contributed by atoms with Gasteiger partial charge in [-0.2, -0.15) is 0 Å². The lowest BCUT2D eigenvalue weighted by Gasteiger charge is -2.09. The molecule has 4 heteroatoms. The minimum absolute atomic E-state index is 0.133. The number of hydrogen-bond acceptors (Lipinski definition) is 4. The predicted molar refractivity (Wildman–Crippen MR) is 60.6 cm³/mol. The largest absolute Gasteiger partial charge is 0.497 e. The van der Waals surface area contributed by atoms with Crippen LogP contribution in [0.25, 0.3) is 0 Å². The first-order valence-electron chi connectivity index (χ1n) is 5.46. The number of ketones is 1. The van der Waals surface area contributed by atoms with Gasteiger partial charge in [-0.1, -0.05) is 12.1 Å². The smallest absolute Gasteiger partial charge is 0.317 e. The number of carbonyl (C=O) groups is 2. The second kappa shape index (κ2) is 4.57.